The zero-order chi connectivity index (χ0) is 11.0. The molecule has 3 N–H and O–H groups in total. The van der Waals surface area contributed by atoms with Crippen LogP contribution in [0.3, 0.4) is 0 Å². The highest BCUT2D eigenvalue weighted by atomic mass is 19.4. The van der Waals surface area contributed by atoms with E-state index in [4.69, 9.17) is 10.8 Å². The van der Waals surface area contributed by atoms with Gasteiger partial charge in [0.05, 0.1) is 11.6 Å². The average molecular weight is 215 g/mol. The summed E-state index contributed by atoms with van der Waals surface area (Å²) in [5.41, 5.74) is 3.50. The quantitative estimate of drug-likeness (QED) is 0.651. The number of hydrogen-bond acceptors (Lipinski definition) is 2. The zero-order valence-electron chi connectivity index (χ0n) is 7.52. The third-order valence-corrected chi connectivity index (χ3v) is 2.68. The predicted octanol–water partition coefficient (Wildman–Crippen LogP) is 1.52. The number of halogens is 4. The lowest BCUT2D eigenvalue weighted by atomic mass is 9.78. The van der Waals surface area contributed by atoms with Crippen LogP contribution in [0.5, 0.6) is 0 Å². The molecule has 2 nitrogen and oxygen atoms in total. The number of rotatable bonds is 1. The van der Waals surface area contributed by atoms with E-state index in [9.17, 15) is 17.6 Å². The summed E-state index contributed by atoms with van der Waals surface area (Å²) < 4.78 is 49.2. The Morgan fingerprint density at radius 2 is 1.71 bits per heavy atom. The third-order valence-electron chi connectivity index (χ3n) is 2.68. The van der Waals surface area contributed by atoms with Crippen molar-refractivity contribution < 1.29 is 22.7 Å². The minimum atomic E-state index is -4.91. The van der Waals surface area contributed by atoms with E-state index >= 15 is 0 Å². The standard InChI is InChI=1S/C8H13F4NO/c9-6(8(10,11)12)7(13)3-1-5(14)2-4-7/h5-6,14H,1-4,13H2. The summed E-state index contributed by atoms with van der Waals surface area (Å²) in [6.07, 6.45) is -8.55. The van der Waals surface area contributed by atoms with Crippen molar-refractivity contribution in [2.75, 3.05) is 0 Å². The fraction of sp³-hybridized carbons (Fsp3) is 1.00. The summed E-state index contributed by atoms with van der Waals surface area (Å²) in [7, 11) is 0. The molecule has 1 atom stereocenters. The Morgan fingerprint density at radius 1 is 1.29 bits per heavy atom. The lowest BCUT2D eigenvalue weighted by molar-refractivity contribution is -0.203. The van der Waals surface area contributed by atoms with Gasteiger partial charge < -0.3 is 10.8 Å². The zero-order valence-corrected chi connectivity index (χ0v) is 7.52. The molecule has 0 aromatic rings. The summed E-state index contributed by atoms with van der Waals surface area (Å²) in [6, 6.07) is 0. The van der Waals surface area contributed by atoms with E-state index in [1.165, 1.54) is 0 Å². The molecule has 1 unspecified atom stereocenters. The number of hydrogen-bond donors (Lipinski definition) is 2. The lowest BCUT2D eigenvalue weighted by Crippen LogP contribution is -2.57. The molecule has 0 heterocycles. The van der Waals surface area contributed by atoms with Crippen molar-refractivity contribution >= 4 is 0 Å². The van der Waals surface area contributed by atoms with E-state index in [1.807, 2.05) is 0 Å². The van der Waals surface area contributed by atoms with Gasteiger partial charge in [0, 0.05) is 0 Å². The van der Waals surface area contributed by atoms with E-state index in [-0.39, 0.29) is 25.7 Å². The van der Waals surface area contributed by atoms with E-state index in [0.717, 1.165) is 0 Å². The van der Waals surface area contributed by atoms with Crippen molar-refractivity contribution in [1.29, 1.82) is 0 Å². The number of alkyl halides is 4. The van der Waals surface area contributed by atoms with Crippen LogP contribution < -0.4 is 5.73 Å². The van der Waals surface area contributed by atoms with Crippen molar-refractivity contribution in [3.8, 4) is 0 Å². The number of nitrogens with two attached hydrogens (primary N) is 1. The van der Waals surface area contributed by atoms with Gasteiger partial charge in [0.25, 0.3) is 0 Å². The average Bonchev–Trinajstić information content (AvgIpc) is 2.08. The Bertz CT molecular complexity index is 198. The molecule has 0 amide bonds. The maximum Gasteiger partial charge on any atom is 0.421 e. The fourth-order valence-electron chi connectivity index (χ4n) is 1.72. The Hall–Kier alpha value is -0.360. The van der Waals surface area contributed by atoms with Crippen LogP contribution in [0.2, 0.25) is 0 Å². The van der Waals surface area contributed by atoms with Crippen molar-refractivity contribution in [1.82, 2.24) is 0 Å². The molecular formula is C8H13F4NO. The van der Waals surface area contributed by atoms with Crippen LogP contribution in [-0.2, 0) is 0 Å². The predicted molar refractivity (Wildman–Crippen MR) is 42.3 cm³/mol. The maximum absolute atomic E-state index is 13.0. The molecule has 0 aromatic heterocycles. The van der Waals surface area contributed by atoms with Gasteiger partial charge in [-0.2, -0.15) is 13.2 Å². The van der Waals surface area contributed by atoms with Gasteiger partial charge in [-0.15, -0.1) is 0 Å². The monoisotopic (exact) mass is 215 g/mol. The van der Waals surface area contributed by atoms with Crippen LogP contribution in [-0.4, -0.2) is 29.1 Å². The van der Waals surface area contributed by atoms with E-state index in [0.29, 0.717) is 0 Å². The second-order valence-corrected chi connectivity index (χ2v) is 3.87. The van der Waals surface area contributed by atoms with Crippen LogP contribution in [0.4, 0.5) is 17.6 Å². The van der Waals surface area contributed by atoms with E-state index < -0.39 is 24.0 Å². The molecule has 0 aliphatic heterocycles. The summed E-state index contributed by atoms with van der Waals surface area (Å²) in [5, 5.41) is 9.07. The topological polar surface area (TPSA) is 46.2 Å². The first-order valence-electron chi connectivity index (χ1n) is 4.43. The SMILES string of the molecule is NC1(C(F)C(F)(F)F)CCC(O)CC1. The molecule has 1 aliphatic rings. The highest BCUT2D eigenvalue weighted by Crippen LogP contribution is 2.38. The molecule has 0 aromatic carbocycles. The van der Waals surface area contributed by atoms with Crippen molar-refractivity contribution in [2.45, 2.75) is 49.7 Å². The van der Waals surface area contributed by atoms with Gasteiger partial charge in [0.1, 0.15) is 0 Å². The summed E-state index contributed by atoms with van der Waals surface area (Å²) in [5.74, 6) is 0. The van der Waals surface area contributed by atoms with Crippen molar-refractivity contribution in [3.63, 3.8) is 0 Å². The molecule has 1 fully saturated rings. The summed E-state index contributed by atoms with van der Waals surface area (Å²) in [6.45, 7) is 0. The lowest BCUT2D eigenvalue weighted by Gasteiger charge is -2.38. The molecule has 0 radical (unpaired) electrons. The van der Waals surface area contributed by atoms with Gasteiger partial charge >= 0.3 is 6.18 Å². The maximum atomic E-state index is 13.0. The summed E-state index contributed by atoms with van der Waals surface area (Å²) >= 11 is 0. The van der Waals surface area contributed by atoms with Crippen molar-refractivity contribution in [3.05, 3.63) is 0 Å². The minimum Gasteiger partial charge on any atom is -0.393 e. The first-order chi connectivity index (χ1) is 6.26. The Labute approximate surface area is 79.1 Å². The van der Waals surface area contributed by atoms with Gasteiger partial charge in [-0.25, -0.2) is 4.39 Å². The molecule has 0 saturated heterocycles. The van der Waals surface area contributed by atoms with E-state index in [1.54, 1.807) is 0 Å². The first kappa shape index (κ1) is 11.7. The highest BCUT2D eigenvalue weighted by molar-refractivity contribution is 4.98. The van der Waals surface area contributed by atoms with Crippen LogP contribution >= 0.6 is 0 Å². The largest absolute Gasteiger partial charge is 0.421 e. The van der Waals surface area contributed by atoms with E-state index in [2.05, 4.69) is 0 Å². The molecule has 84 valence electrons. The number of aliphatic hydroxyl groups excluding tert-OH is 1. The molecule has 1 rings (SSSR count). The normalized spacial score (nSPS) is 36.9. The summed E-state index contributed by atoms with van der Waals surface area (Å²) in [4.78, 5) is 0. The molecule has 0 bridgehead atoms. The molecule has 1 saturated carbocycles. The Kier molecular flexibility index (Phi) is 3.06. The van der Waals surface area contributed by atoms with Crippen LogP contribution in [0.1, 0.15) is 25.7 Å². The first-order valence-corrected chi connectivity index (χ1v) is 4.43. The molecule has 1 aliphatic carbocycles. The molecule has 14 heavy (non-hydrogen) atoms. The second kappa shape index (κ2) is 3.66. The Morgan fingerprint density at radius 3 is 2.07 bits per heavy atom. The molecule has 6 heteroatoms. The second-order valence-electron chi connectivity index (χ2n) is 3.87. The van der Waals surface area contributed by atoms with Gasteiger partial charge in [-0.05, 0) is 25.7 Å². The van der Waals surface area contributed by atoms with Crippen molar-refractivity contribution in [2.24, 2.45) is 5.73 Å². The van der Waals surface area contributed by atoms with Gasteiger partial charge in [0.2, 0.25) is 6.17 Å². The molecule has 0 spiro atoms. The molecular weight excluding hydrogens is 202 g/mol. The minimum absolute atomic E-state index is 0.130. The number of aliphatic hydroxyl groups is 1. The van der Waals surface area contributed by atoms with Crippen LogP contribution in [0.25, 0.3) is 0 Å². The Balaban J connectivity index is 2.66. The highest BCUT2D eigenvalue weighted by Gasteiger charge is 2.53. The smallest absolute Gasteiger partial charge is 0.393 e. The fourth-order valence-corrected chi connectivity index (χ4v) is 1.72. The van der Waals surface area contributed by atoms with Gasteiger partial charge in [-0.3, -0.25) is 0 Å². The van der Waals surface area contributed by atoms with Crippen LogP contribution in [0.15, 0.2) is 0 Å². The third kappa shape index (κ3) is 2.36. The van der Waals surface area contributed by atoms with Gasteiger partial charge in [-0.1, -0.05) is 0 Å². The van der Waals surface area contributed by atoms with Crippen LogP contribution in [0, 0.1) is 0 Å². The van der Waals surface area contributed by atoms with Gasteiger partial charge in [0.15, 0.2) is 0 Å².